The summed E-state index contributed by atoms with van der Waals surface area (Å²) in [5.74, 6) is 0.0475. The highest BCUT2D eigenvalue weighted by molar-refractivity contribution is 7.93. The van der Waals surface area contributed by atoms with Gasteiger partial charge in [-0.15, -0.1) is 10.2 Å². The van der Waals surface area contributed by atoms with Crippen LogP contribution in [-0.2, 0) is 14.8 Å². The number of anilines is 2. The normalized spacial score (nSPS) is 15.4. The molecule has 0 radical (unpaired) electrons. The third-order valence-electron chi connectivity index (χ3n) is 6.15. The second-order valence-corrected chi connectivity index (χ2v) is 11.2. The van der Waals surface area contributed by atoms with Crippen molar-refractivity contribution in [2.45, 2.75) is 17.9 Å². The molecule has 3 heterocycles. The molecule has 1 amide bonds. The van der Waals surface area contributed by atoms with Gasteiger partial charge in [-0.05, 0) is 43.3 Å². The van der Waals surface area contributed by atoms with Crippen molar-refractivity contribution in [3.05, 3.63) is 65.3 Å². The molecule has 0 saturated carbocycles. The Balaban J connectivity index is 1.22. The molecule has 1 atom stereocenters. The van der Waals surface area contributed by atoms with Crippen LogP contribution in [0, 0.1) is 0 Å². The third-order valence-corrected chi connectivity index (χ3v) is 8.55. The molecule has 1 aliphatic heterocycles. The van der Waals surface area contributed by atoms with E-state index in [1.807, 2.05) is 46.9 Å². The molecule has 182 valence electrons. The first-order valence-corrected chi connectivity index (χ1v) is 13.8. The number of hydrogen-bond donors (Lipinski definition) is 1. The smallest absolute Gasteiger partial charge is 0.263 e. The van der Waals surface area contributed by atoms with Crippen molar-refractivity contribution in [1.29, 1.82) is 0 Å². The van der Waals surface area contributed by atoms with Gasteiger partial charge in [0.2, 0.25) is 11.0 Å². The number of nitrogens with zero attached hydrogens (tertiary/aromatic N) is 5. The Labute approximate surface area is 212 Å². The van der Waals surface area contributed by atoms with E-state index in [1.165, 1.54) is 5.51 Å². The lowest BCUT2D eigenvalue weighted by Gasteiger charge is -2.37. The lowest BCUT2D eigenvalue weighted by atomic mass is 10.2. The molecule has 4 aromatic rings. The average molecular weight is 531 g/mol. The van der Waals surface area contributed by atoms with Gasteiger partial charge in [0.25, 0.3) is 10.0 Å². The Kier molecular flexibility index (Phi) is 6.39. The molecule has 1 N–H and O–H groups in total. The number of benzene rings is 2. The zero-order valence-electron chi connectivity index (χ0n) is 18.8. The Morgan fingerprint density at radius 1 is 1.09 bits per heavy atom. The Hall–Kier alpha value is -3.15. The average Bonchev–Trinajstić information content (AvgIpc) is 3.54. The van der Waals surface area contributed by atoms with Gasteiger partial charge in [0.1, 0.15) is 11.6 Å². The van der Waals surface area contributed by atoms with Gasteiger partial charge in [0.15, 0.2) is 0 Å². The molecule has 2 aromatic carbocycles. The number of para-hydroxylation sites is 1. The summed E-state index contributed by atoms with van der Waals surface area (Å²) in [4.78, 5) is 17.4. The Morgan fingerprint density at radius 2 is 1.83 bits per heavy atom. The number of nitrogens with one attached hydrogen (secondary N) is 1. The van der Waals surface area contributed by atoms with Crippen molar-refractivity contribution in [2.75, 3.05) is 35.8 Å². The fourth-order valence-corrected chi connectivity index (χ4v) is 6.26. The van der Waals surface area contributed by atoms with E-state index in [1.54, 1.807) is 24.3 Å². The van der Waals surface area contributed by atoms with E-state index >= 15 is 0 Å². The summed E-state index contributed by atoms with van der Waals surface area (Å²) in [5, 5.41) is 9.21. The van der Waals surface area contributed by atoms with Crippen LogP contribution in [-0.4, -0.2) is 60.2 Å². The number of fused-ring (bicyclic) bond motifs is 1. The Bertz CT molecular complexity index is 1450. The SMILES string of the molecule is CC(C(=O)N1CCN(c2ccc(S(=O)(=O)Nc3nncs3)cc2)CC1)n1ccc2cccc(Cl)c21. The van der Waals surface area contributed by atoms with E-state index in [-0.39, 0.29) is 22.0 Å². The quantitative estimate of drug-likeness (QED) is 0.406. The third kappa shape index (κ3) is 4.71. The van der Waals surface area contributed by atoms with E-state index in [4.69, 9.17) is 11.6 Å². The largest absolute Gasteiger partial charge is 0.368 e. The van der Waals surface area contributed by atoms with E-state index in [0.717, 1.165) is 27.9 Å². The lowest BCUT2D eigenvalue weighted by Crippen LogP contribution is -2.50. The van der Waals surface area contributed by atoms with E-state index in [9.17, 15) is 13.2 Å². The molecule has 12 heteroatoms. The highest BCUT2D eigenvalue weighted by Gasteiger charge is 2.27. The van der Waals surface area contributed by atoms with Crippen molar-refractivity contribution in [3.8, 4) is 0 Å². The molecule has 0 aliphatic carbocycles. The minimum Gasteiger partial charge on any atom is -0.368 e. The van der Waals surface area contributed by atoms with Gasteiger partial charge < -0.3 is 14.4 Å². The summed E-state index contributed by atoms with van der Waals surface area (Å²) in [5.41, 5.74) is 3.23. The molecule has 1 aliphatic rings. The predicted octanol–water partition coefficient (Wildman–Crippen LogP) is 3.86. The van der Waals surface area contributed by atoms with Gasteiger partial charge in [-0.25, -0.2) is 8.42 Å². The summed E-state index contributed by atoms with van der Waals surface area (Å²) in [6, 6.07) is 14.0. The van der Waals surface area contributed by atoms with Crippen LogP contribution < -0.4 is 9.62 Å². The van der Waals surface area contributed by atoms with Crippen molar-refractivity contribution in [3.63, 3.8) is 0 Å². The van der Waals surface area contributed by atoms with Crippen LogP contribution in [0.15, 0.2) is 65.1 Å². The maximum Gasteiger partial charge on any atom is 0.263 e. The number of hydrogen-bond acceptors (Lipinski definition) is 7. The number of rotatable bonds is 6. The number of halogens is 1. The molecular weight excluding hydrogens is 508 g/mol. The van der Waals surface area contributed by atoms with E-state index in [2.05, 4.69) is 19.8 Å². The first kappa shape index (κ1) is 23.6. The number of carbonyl (C=O) groups excluding carboxylic acids is 1. The van der Waals surface area contributed by atoms with E-state index < -0.39 is 10.0 Å². The highest BCUT2D eigenvalue weighted by atomic mass is 35.5. The zero-order valence-corrected chi connectivity index (χ0v) is 21.2. The van der Waals surface area contributed by atoms with Crippen LogP contribution >= 0.6 is 22.9 Å². The summed E-state index contributed by atoms with van der Waals surface area (Å²) in [7, 11) is -3.73. The molecule has 5 rings (SSSR count). The van der Waals surface area contributed by atoms with Crippen LogP contribution in [0.5, 0.6) is 0 Å². The molecule has 1 unspecified atom stereocenters. The summed E-state index contributed by atoms with van der Waals surface area (Å²) < 4.78 is 29.4. The maximum atomic E-state index is 13.2. The predicted molar refractivity (Wildman–Crippen MR) is 138 cm³/mol. The lowest BCUT2D eigenvalue weighted by molar-refractivity contribution is -0.134. The molecule has 35 heavy (non-hydrogen) atoms. The van der Waals surface area contributed by atoms with Gasteiger partial charge in [0.05, 0.1) is 15.4 Å². The first-order chi connectivity index (χ1) is 16.8. The topological polar surface area (TPSA) is 100 Å². The molecule has 1 saturated heterocycles. The molecule has 0 spiro atoms. The molecule has 1 fully saturated rings. The maximum absolute atomic E-state index is 13.2. The second-order valence-electron chi connectivity index (χ2n) is 8.23. The monoisotopic (exact) mass is 530 g/mol. The number of carbonyl (C=O) groups is 1. The van der Waals surface area contributed by atoms with Crippen LogP contribution in [0.3, 0.4) is 0 Å². The summed E-state index contributed by atoms with van der Waals surface area (Å²) >= 11 is 7.51. The number of sulfonamides is 1. The summed E-state index contributed by atoms with van der Waals surface area (Å²) in [6.45, 7) is 4.36. The van der Waals surface area contributed by atoms with Crippen molar-refractivity contribution in [1.82, 2.24) is 19.7 Å². The van der Waals surface area contributed by atoms with Crippen LogP contribution in [0.25, 0.3) is 10.9 Å². The number of amides is 1. The van der Waals surface area contributed by atoms with Gasteiger partial charge in [-0.3, -0.25) is 9.52 Å². The number of piperazine rings is 1. The van der Waals surface area contributed by atoms with Gasteiger partial charge in [0, 0.05) is 43.4 Å². The highest BCUT2D eigenvalue weighted by Crippen LogP contribution is 2.28. The molecule has 9 nitrogen and oxygen atoms in total. The molecular formula is C23H23ClN6O3S2. The van der Waals surface area contributed by atoms with Gasteiger partial charge in [-0.1, -0.05) is 35.1 Å². The minimum atomic E-state index is -3.73. The molecule has 0 bridgehead atoms. The second kappa shape index (κ2) is 9.48. The first-order valence-electron chi connectivity index (χ1n) is 11.0. The van der Waals surface area contributed by atoms with Gasteiger partial charge in [-0.2, -0.15) is 0 Å². The number of aromatic nitrogens is 3. The zero-order chi connectivity index (χ0) is 24.6. The minimum absolute atomic E-state index is 0.0475. The van der Waals surface area contributed by atoms with Crippen molar-refractivity contribution >= 4 is 60.6 Å². The fraction of sp³-hybridized carbons (Fsp3) is 0.261. The van der Waals surface area contributed by atoms with E-state index in [0.29, 0.717) is 31.2 Å². The van der Waals surface area contributed by atoms with Crippen LogP contribution in [0.2, 0.25) is 5.02 Å². The standard InChI is InChI=1S/C23H23ClN6O3S2/c1-16(30-10-9-17-3-2-4-20(24)21(17)30)22(31)29-13-11-28(12-14-29)18-5-7-19(8-6-18)35(32,33)27-23-26-25-15-34-23/h2-10,15-16H,11-14H2,1H3,(H,26,27). The summed E-state index contributed by atoms with van der Waals surface area (Å²) in [6.07, 6.45) is 1.91. The Morgan fingerprint density at radius 3 is 2.51 bits per heavy atom. The van der Waals surface area contributed by atoms with Crippen LogP contribution in [0.4, 0.5) is 10.8 Å². The fourth-order valence-electron chi connectivity index (χ4n) is 4.29. The molecule has 2 aromatic heterocycles. The van der Waals surface area contributed by atoms with Crippen molar-refractivity contribution in [2.24, 2.45) is 0 Å². The van der Waals surface area contributed by atoms with Gasteiger partial charge >= 0.3 is 0 Å². The van der Waals surface area contributed by atoms with Crippen molar-refractivity contribution < 1.29 is 13.2 Å². The van der Waals surface area contributed by atoms with Crippen LogP contribution in [0.1, 0.15) is 13.0 Å².